The first-order valence-electron chi connectivity index (χ1n) is 6.88. The average molecular weight is 313 g/mol. The summed E-state index contributed by atoms with van der Waals surface area (Å²) in [4.78, 5) is 40.8. The van der Waals surface area contributed by atoms with Crippen molar-refractivity contribution in [2.75, 3.05) is 6.54 Å². The largest absolute Gasteiger partial charge is 0.350 e. The van der Waals surface area contributed by atoms with Crippen molar-refractivity contribution in [2.24, 2.45) is 0 Å². The van der Waals surface area contributed by atoms with Gasteiger partial charge in [0.25, 0.3) is 11.8 Å². The van der Waals surface area contributed by atoms with Gasteiger partial charge >= 0.3 is 0 Å². The molecule has 7 heteroatoms. The fraction of sp³-hybridized carbons (Fsp3) is 0.125. The fourth-order valence-electron chi connectivity index (χ4n) is 2.34. The third kappa shape index (κ3) is 2.80. The summed E-state index contributed by atoms with van der Waals surface area (Å²) < 4.78 is 13.7. The van der Waals surface area contributed by atoms with E-state index >= 15 is 0 Å². The lowest BCUT2D eigenvalue weighted by Gasteiger charge is -2.13. The SMILES string of the molecule is O=C(CN1C(=O)c2cccc(F)c2C1=O)NCc1ccncc1. The van der Waals surface area contributed by atoms with Gasteiger partial charge in [-0.25, -0.2) is 4.39 Å². The molecule has 0 unspecified atom stereocenters. The second-order valence-electron chi connectivity index (χ2n) is 4.99. The van der Waals surface area contributed by atoms with Crippen LogP contribution in [-0.2, 0) is 11.3 Å². The molecule has 2 aromatic rings. The Morgan fingerprint density at radius 2 is 1.87 bits per heavy atom. The van der Waals surface area contributed by atoms with E-state index < -0.39 is 30.1 Å². The summed E-state index contributed by atoms with van der Waals surface area (Å²) in [7, 11) is 0. The number of benzene rings is 1. The van der Waals surface area contributed by atoms with Gasteiger partial charge in [0.05, 0.1) is 11.1 Å². The maximum Gasteiger partial charge on any atom is 0.265 e. The Balaban J connectivity index is 1.67. The van der Waals surface area contributed by atoms with Crippen molar-refractivity contribution in [1.29, 1.82) is 0 Å². The Labute approximate surface area is 130 Å². The van der Waals surface area contributed by atoms with E-state index in [-0.39, 0.29) is 17.7 Å². The highest BCUT2D eigenvalue weighted by Gasteiger charge is 2.38. The molecule has 3 rings (SSSR count). The van der Waals surface area contributed by atoms with Gasteiger partial charge in [0.1, 0.15) is 12.4 Å². The summed E-state index contributed by atoms with van der Waals surface area (Å²) in [6, 6.07) is 7.30. The second-order valence-corrected chi connectivity index (χ2v) is 4.99. The number of nitrogens with zero attached hydrogens (tertiary/aromatic N) is 2. The number of pyridine rings is 1. The number of amides is 3. The molecule has 0 saturated heterocycles. The molecule has 0 aliphatic carbocycles. The zero-order valence-corrected chi connectivity index (χ0v) is 12.0. The summed E-state index contributed by atoms with van der Waals surface area (Å²) in [6.07, 6.45) is 3.18. The maximum absolute atomic E-state index is 13.7. The van der Waals surface area contributed by atoms with Gasteiger partial charge < -0.3 is 5.32 Å². The van der Waals surface area contributed by atoms with Crippen LogP contribution in [-0.4, -0.2) is 34.2 Å². The van der Waals surface area contributed by atoms with E-state index in [2.05, 4.69) is 10.3 Å². The molecule has 23 heavy (non-hydrogen) atoms. The van der Waals surface area contributed by atoms with Crippen LogP contribution in [0.5, 0.6) is 0 Å². The topological polar surface area (TPSA) is 79.4 Å². The minimum atomic E-state index is -0.790. The zero-order chi connectivity index (χ0) is 16.4. The van der Waals surface area contributed by atoms with Crippen molar-refractivity contribution >= 4 is 17.7 Å². The highest BCUT2D eigenvalue weighted by Crippen LogP contribution is 2.24. The van der Waals surface area contributed by atoms with Crippen LogP contribution in [0.1, 0.15) is 26.3 Å². The van der Waals surface area contributed by atoms with Crippen molar-refractivity contribution in [1.82, 2.24) is 15.2 Å². The number of nitrogens with one attached hydrogen (secondary N) is 1. The number of carbonyl (C=O) groups is 3. The fourth-order valence-corrected chi connectivity index (χ4v) is 2.34. The lowest BCUT2D eigenvalue weighted by molar-refractivity contribution is -0.121. The van der Waals surface area contributed by atoms with Gasteiger partial charge in [-0.3, -0.25) is 24.3 Å². The Hall–Kier alpha value is -3.09. The van der Waals surface area contributed by atoms with Crippen LogP contribution >= 0.6 is 0 Å². The minimum Gasteiger partial charge on any atom is -0.350 e. The molecule has 0 radical (unpaired) electrons. The smallest absolute Gasteiger partial charge is 0.265 e. The molecule has 1 aliphatic rings. The van der Waals surface area contributed by atoms with E-state index in [0.29, 0.717) is 0 Å². The van der Waals surface area contributed by atoms with Crippen molar-refractivity contribution in [2.45, 2.75) is 6.54 Å². The monoisotopic (exact) mass is 313 g/mol. The number of imide groups is 1. The molecule has 1 N–H and O–H groups in total. The summed E-state index contributed by atoms with van der Waals surface area (Å²) in [5.41, 5.74) is 0.540. The highest BCUT2D eigenvalue weighted by molar-refractivity contribution is 6.22. The van der Waals surface area contributed by atoms with Crippen molar-refractivity contribution in [3.8, 4) is 0 Å². The molecule has 6 nitrogen and oxygen atoms in total. The molecule has 0 bridgehead atoms. The molecule has 1 aromatic carbocycles. The van der Waals surface area contributed by atoms with Crippen molar-refractivity contribution in [3.63, 3.8) is 0 Å². The molecule has 0 atom stereocenters. The maximum atomic E-state index is 13.7. The first kappa shape index (κ1) is 14.8. The number of hydrogen-bond acceptors (Lipinski definition) is 4. The van der Waals surface area contributed by atoms with Gasteiger partial charge in [-0.2, -0.15) is 0 Å². The van der Waals surface area contributed by atoms with Crippen LogP contribution < -0.4 is 5.32 Å². The number of halogens is 1. The zero-order valence-electron chi connectivity index (χ0n) is 12.0. The number of hydrogen-bond donors (Lipinski definition) is 1. The normalized spacial score (nSPS) is 13.2. The Morgan fingerprint density at radius 1 is 1.13 bits per heavy atom. The quantitative estimate of drug-likeness (QED) is 0.858. The van der Waals surface area contributed by atoms with E-state index in [1.165, 1.54) is 12.1 Å². The molecule has 0 spiro atoms. The molecule has 3 amide bonds. The molecule has 1 aliphatic heterocycles. The van der Waals surface area contributed by atoms with Gasteiger partial charge in [-0.05, 0) is 29.8 Å². The van der Waals surface area contributed by atoms with E-state index in [1.54, 1.807) is 24.5 Å². The van der Waals surface area contributed by atoms with Crippen LogP contribution in [0.2, 0.25) is 0 Å². The van der Waals surface area contributed by atoms with E-state index in [9.17, 15) is 18.8 Å². The number of carbonyl (C=O) groups excluding carboxylic acids is 3. The van der Waals surface area contributed by atoms with Gasteiger partial charge in [0, 0.05) is 18.9 Å². The number of fused-ring (bicyclic) bond motifs is 1. The van der Waals surface area contributed by atoms with E-state index in [4.69, 9.17) is 0 Å². The molecular formula is C16H12FN3O3. The lowest BCUT2D eigenvalue weighted by Crippen LogP contribution is -2.40. The minimum absolute atomic E-state index is 0.0167. The van der Waals surface area contributed by atoms with Crippen molar-refractivity contribution < 1.29 is 18.8 Å². The highest BCUT2D eigenvalue weighted by atomic mass is 19.1. The van der Waals surface area contributed by atoms with Crippen LogP contribution in [0.3, 0.4) is 0 Å². The van der Waals surface area contributed by atoms with E-state index in [1.807, 2.05) is 0 Å². The molecule has 0 fully saturated rings. The molecule has 2 heterocycles. The van der Waals surface area contributed by atoms with Gasteiger partial charge in [-0.1, -0.05) is 6.07 Å². The van der Waals surface area contributed by atoms with Crippen LogP contribution in [0.15, 0.2) is 42.7 Å². The van der Waals surface area contributed by atoms with Gasteiger partial charge in [0.15, 0.2) is 0 Å². The lowest BCUT2D eigenvalue weighted by atomic mass is 10.1. The van der Waals surface area contributed by atoms with Crippen LogP contribution in [0.25, 0.3) is 0 Å². The summed E-state index contributed by atoms with van der Waals surface area (Å²) in [5, 5.41) is 2.60. The Morgan fingerprint density at radius 3 is 2.57 bits per heavy atom. The van der Waals surface area contributed by atoms with Crippen LogP contribution in [0, 0.1) is 5.82 Å². The third-order valence-electron chi connectivity index (χ3n) is 3.49. The summed E-state index contributed by atoms with van der Waals surface area (Å²) in [5.74, 6) is -2.72. The second kappa shape index (κ2) is 5.96. The van der Waals surface area contributed by atoms with E-state index in [0.717, 1.165) is 16.5 Å². The molecule has 1 aromatic heterocycles. The standard InChI is InChI=1S/C16H12FN3O3/c17-12-3-1-2-11-14(12)16(23)20(15(11)22)9-13(21)19-8-10-4-6-18-7-5-10/h1-7H,8-9H2,(H,19,21). The first-order chi connectivity index (χ1) is 11.1. The Kier molecular flexibility index (Phi) is 3.84. The average Bonchev–Trinajstić information content (AvgIpc) is 2.80. The summed E-state index contributed by atoms with van der Waals surface area (Å²) >= 11 is 0. The third-order valence-corrected chi connectivity index (χ3v) is 3.49. The van der Waals surface area contributed by atoms with Crippen LogP contribution in [0.4, 0.5) is 4.39 Å². The molecule has 116 valence electrons. The number of rotatable bonds is 4. The predicted molar refractivity (Wildman–Crippen MR) is 77.9 cm³/mol. The van der Waals surface area contributed by atoms with Crippen molar-refractivity contribution in [3.05, 3.63) is 65.2 Å². The Bertz CT molecular complexity index is 792. The van der Waals surface area contributed by atoms with Gasteiger partial charge in [0.2, 0.25) is 5.91 Å². The first-order valence-corrected chi connectivity index (χ1v) is 6.88. The molecule has 0 saturated carbocycles. The summed E-state index contributed by atoms with van der Waals surface area (Å²) in [6.45, 7) is -0.199. The van der Waals surface area contributed by atoms with Gasteiger partial charge in [-0.15, -0.1) is 0 Å². The predicted octanol–water partition coefficient (Wildman–Crippen LogP) is 1.13. The molecular weight excluding hydrogens is 301 g/mol. The number of aromatic nitrogens is 1.